The summed E-state index contributed by atoms with van der Waals surface area (Å²) in [5.74, 6) is 0.448. The summed E-state index contributed by atoms with van der Waals surface area (Å²) in [4.78, 5) is 20.3. The van der Waals surface area contributed by atoms with Crippen molar-refractivity contribution in [3.8, 4) is 28.4 Å². The number of ether oxygens (including phenoxy) is 2. The molecule has 0 aliphatic carbocycles. The van der Waals surface area contributed by atoms with E-state index in [0.717, 1.165) is 22.0 Å². The van der Waals surface area contributed by atoms with Crippen LogP contribution >= 0.6 is 0 Å². The zero-order valence-electron chi connectivity index (χ0n) is 16.2. The lowest BCUT2D eigenvalue weighted by atomic mass is 10.0. The lowest BCUT2D eigenvalue weighted by Gasteiger charge is -2.13. The maximum absolute atomic E-state index is 11.7. The topological polar surface area (TPSA) is 108 Å². The SMILES string of the molecule is COc1ccc(-c2cc(OCc3ncccc3C(N)=O)c3cccnc3c2)cc1O. The Labute approximate surface area is 172 Å². The number of amides is 1. The summed E-state index contributed by atoms with van der Waals surface area (Å²) in [6.07, 6.45) is 3.28. The third kappa shape index (κ3) is 3.73. The number of aromatic nitrogens is 2. The number of rotatable bonds is 6. The van der Waals surface area contributed by atoms with Crippen molar-refractivity contribution in [1.29, 1.82) is 0 Å². The molecule has 4 rings (SSSR count). The standard InChI is InChI=1S/C23H19N3O4/c1-29-21-7-6-14(11-20(21)27)15-10-18-16(4-2-8-25-18)22(12-15)30-13-19-17(23(24)28)5-3-9-26-19/h2-12,27H,13H2,1H3,(H2,24,28). The van der Waals surface area contributed by atoms with E-state index in [9.17, 15) is 9.90 Å². The molecule has 0 saturated heterocycles. The van der Waals surface area contributed by atoms with Gasteiger partial charge in [-0.3, -0.25) is 14.8 Å². The van der Waals surface area contributed by atoms with Crippen molar-refractivity contribution in [1.82, 2.24) is 9.97 Å². The maximum Gasteiger partial charge on any atom is 0.250 e. The van der Waals surface area contributed by atoms with E-state index in [4.69, 9.17) is 15.2 Å². The molecule has 7 nitrogen and oxygen atoms in total. The number of carbonyl (C=O) groups is 1. The Kier molecular flexibility index (Phi) is 5.17. The highest BCUT2D eigenvalue weighted by Crippen LogP contribution is 2.36. The van der Waals surface area contributed by atoms with Gasteiger partial charge in [-0.05, 0) is 59.7 Å². The molecule has 2 aromatic heterocycles. The normalized spacial score (nSPS) is 10.7. The van der Waals surface area contributed by atoms with E-state index in [1.165, 1.54) is 7.11 Å². The number of benzene rings is 2. The quantitative estimate of drug-likeness (QED) is 0.510. The number of methoxy groups -OCH3 is 1. The fraction of sp³-hybridized carbons (Fsp3) is 0.0870. The smallest absolute Gasteiger partial charge is 0.250 e. The minimum absolute atomic E-state index is 0.0400. The van der Waals surface area contributed by atoms with Gasteiger partial charge in [0, 0.05) is 17.8 Å². The zero-order valence-corrected chi connectivity index (χ0v) is 16.2. The largest absolute Gasteiger partial charge is 0.504 e. The first-order valence-electron chi connectivity index (χ1n) is 9.19. The third-order valence-corrected chi connectivity index (χ3v) is 4.72. The molecule has 0 aliphatic heterocycles. The van der Waals surface area contributed by atoms with Gasteiger partial charge in [0.1, 0.15) is 12.4 Å². The van der Waals surface area contributed by atoms with Crippen LogP contribution in [0, 0.1) is 0 Å². The van der Waals surface area contributed by atoms with Crippen LogP contribution in [0.1, 0.15) is 16.1 Å². The number of carbonyl (C=O) groups excluding carboxylic acids is 1. The number of nitrogens with zero attached hydrogens (tertiary/aromatic N) is 2. The van der Waals surface area contributed by atoms with Crippen molar-refractivity contribution in [3.05, 3.63) is 78.2 Å². The van der Waals surface area contributed by atoms with Gasteiger partial charge in [-0.1, -0.05) is 6.07 Å². The van der Waals surface area contributed by atoms with Crippen LogP contribution in [-0.2, 0) is 6.61 Å². The summed E-state index contributed by atoms with van der Waals surface area (Å²) in [6, 6.07) is 15.9. The monoisotopic (exact) mass is 401 g/mol. The van der Waals surface area contributed by atoms with Crippen molar-refractivity contribution in [2.45, 2.75) is 6.61 Å². The number of fused-ring (bicyclic) bond motifs is 1. The van der Waals surface area contributed by atoms with Crippen LogP contribution in [0.3, 0.4) is 0 Å². The van der Waals surface area contributed by atoms with Crippen LogP contribution in [0.25, 0.3) is 22.0 Å². The molecule has 4 aromatic rings. The second kappa shape index (κ2) is 8.08. The van der Waals surface area contributed by atoms with Crippen molar-refractivity contribution >= 4 is 16.8 Å². The summed E-state index contributed by atoms with van der Waals surface area (Å²) in [7, 11) is 1.50. The molecule has 2 aromatic carbocycles. The van der Waals surface area contributed by atoms with Gasteiger partial charge in [0.2, 0.25) is 0 Å². The van der Waals surface area contributed by atoms with Gasteiger partial charge >= 0.3 is 0 Å². The average Bonchev–Trinajstić information content (AvgIpc) is 2.77. The third-order valence-electron chi connectivity index (χ3n) is 4.72. The highest BCUT2D eigenvalue weighted by molar-refractivity contribution is 5.94. The van der Waals surface area contributed by atoms with E-state index in [-0.39, 0.29) is 12.4 Å². The summed E-state index contributed by atoms with van der Waals surface area (Å²) in [5.41, 5.74) is 8.53. The predicted octanol–water partition coefficient (Wildman–Crippen LogP) is 3.69. The van der Waals surface area contributed by atoms with Gasteiger partial charge in [0.25, 0.3) is 5.91 Å². The highest BCUT2D eigenvalue weighted by Gasteiger charge is 2.13. The molecule has 0 atom stereocenters. The molecule has 0 bridgehead atoms. The fourth-order valence-electron chi connectivity index (χ4n) is 3.23. The van der Waals surface area contributed by atoms with Crippen LogP contribution in [0.5, 0.6) is 17.2 Å². The summed E-state index contributed by atoms with van der Waals surface area (Å²) < 4.78 is 11.2. The van der Waals surface area contributed by atoms with Gasteiger partial charge in [-0.2, -0.15) is 0 Å². The van der Waals surface area contributed by atoms with Crippen LogP contribution in [0.2, 0.25) is 0 Å². The molecule has 0 aliphatic rings. The van der Waals surface area contributed by atoms with Gasteiger partial charge < -0.3 is 20.3 Å². The predicted molar refractivity (Wildman–Crippen MR) is 112 cm³/mol. The Morgan fingerprint density at radius 3 is 2.57 bits per heavy atom. The molecule has 30 heavy (non-hydrogen) atoms. The molecule has 0 fully saturated rings. The number of nitrogens with two attached hydrogens (primary N) is 1. The van der Waals surface area contributed by atoms with E-state index in [0.29, 0.717) is 22.8 Å². The number of aromatic hydroxyl groups is 1. The van der Waals surface area contributed by atoms with Crippen molar-refractivity contribution in [2.75, 3.05) is 7.11 Å². The first kappa shape index (κ1) is 19.2. The Morgan fingerprint density at radius 1 is 1.00 bits per heavy atom. The van der Waals surface area contributed by atoms with Gasteiger partial charge in [-0.25, -0.2) is 0 Å². The number of hydrogen-bond donors (Lipinski definition) is 2. The first-order valence-corrected chi connectivity index (χ1v) is 9.19. The minimum Gasteiger partial charge on any atom is -0.504 e. The Morgan fingerprint density at radius 2 is 1.80 bits per heavy atom. The van der Waals surface area contributed by atoms with Crippen molar-refractivity contribution in [3.63, 3.8) is 0 Å². The van der Waals surface area contributed by atoms with E-state index in [2.05, 4.69) is 9.97 Å². The number of primary amides is 1. The zero-order chi connectivity index (χ0) is 21.1. The molecule has 0 radical (unpaired) electrons. The van der Waals surface area contributed by atoms with Crippen LogP contribution in [-0.4, -0.2) is 28.1 Å². The maximum atomic E-state index is 11.7. The van der Waals surface area contributed by atoms with Crippen LogP contribution < -0.4 is 15.2 Å². The highest BCUT2D eigenvalue weighted by atomic mass is 16.5. The van der Waals surface area contributed by atoms with Gasteiger partial charge in [0.15, 0.2) is 11.5 Å². The van der Waals surface area contributed by atoms with E-state index < -0.39 is 5.91 Å². The molecule has 7 heteroatoms. The molecule has 0 spiro atoms. The fourth-order valence-corrected chi connectivity index (χ4v) is 3.23. The Bertz CT molecular complexity index is 1240. The summed E-state index contributed by atoms with van der Waals surface area (Å²) in [5, 5.41) is 11.0. The lowest BCUT2D eigenvalue weighted by molar-refractivity contribution is 0.0997. The van der Waals surface area contributed by atoms with E-state index >= 15 is 0 Å². The van der Waals surface area contributed by atoms with Gasteiger partial charge in [-0.15, -0.1) is 0 Å². The molecule has 150 valence electrons. The molecule has 0 unspecified atom stereocenters. The molecule has 0 saturated carbocycles. The molecule has 1 amide bonds. The summed E-state index contributed by atoms with van der Waals surface area (Å²) in [6.45, 7) is 0.0699. The minimum atomic E-state index is -0.560. The van der Waals surface area contributed by atoms with E-state index in [1.807, 2.05) is 30.3 Å². The first-order chi connectivity index (χ1) is 14.6. The summed E-state index contributed by atoms with van der Waals surface area (Å²) >= 11 is 0. The molecular weight excluding hydrogens is 382 g/mol. The number of hydrogen-bond acceptors (Lipinski definition) is 6. The van der Waals surface area contributed by atoms with Crippen molar-refractivity contribution in [2.24, 2.45) is 5.73 Å². The second-order valence-corrected chi connectivity index (χ2v) is 6.58. The number of pyridine rings is 2. The molecule has 3 N–H and O–H groups in total. The Balaban J connectivity index is 1.74. The molecule has 2 heterocycles. The lowest BCUT2D eigenvalue weighted by Crippen LogP contribution is -2.15. The van der Waals surface area contributed by atoms with Crippen molar-refractivity contribution < 1.29 is 19.4 Å². The van der Waals surface area contributed by atoms with Gasteiger partial charge in [0.05, 0.1) is 23.9 Å². The van der Waals surface area contributed by atoms with Crippen LogP contribution in [0.15, 0.2) is 67.0 Å². The number of phenols is 1. The van der Waals surface area contributed by atoms with E-state index in [1.54, 1.807) is 36.7 Å². The average molecular weight is 401 g/mol. The Hall–Kier alpha value is -4.13. The molecular formula is C23H19N3O4. The van der Waals surface area contributed by atoms with Crippen LogP contribution in [0.4, 0.5) is 0 Å². The second-order valence-electron chi connectivity index (χ2n) is 6.58. The number of phenolic OH excluding ortho intramolecular Hbond substituents is 1.